The van der Waals surface area contributed by atoms with Crippen molar-refractivity contribution < 1.29 is 14.4 Å². The molecule has 0 bridgehead atoms. The lowest BCUT2D eigenvalue weighted by atomic mass is 9.67. The zero-order chi connectivity index (χ0) is 32.2. The van der Waals surface area contributed by atoms with E-state index in [0.29, 0.717) is 42.1 Å². The molecule has 1 aromatic heterocycles. The van der Waals surface area contributed by atoms with Gasteiger partial charge < -0.3 is 21.7 Å². The van der Waals surface area contributed by atoms with Crippen LogP contribution in [0.1, 0.15) is 94.9 Å². The Labute approximate surface area is 260 Å². The van der Waals surface area contributed by atoms with Crippen molar-refractivity contribution in [2.75, 3.05) is 6.54 Å². The monoisotopic (exact) mass is 610 g/mol. The summed E-state index contributed by atoms with van der Waals surface area (Å²) in [5.74, 6) is -0.384. The van der Waals surface area contributed by atoms with Gasteiger partial charge in [0.1, 0.15) is 11.9 Å². The Morgan fingerprint density at radius 2 is 1.64 bits per heavy atom. The maximum atomic E-state index is 13.3. The summed E-state index contributed by atoms with van der Waals surface area (Å²) in [6, 6.07) is 12.2. The van der Waals surface area contributed by atoms with Gasteiger partial charge in [-0.15, -0.1) is 0 Å². The summed E-state index contributed by atoms with van der Waals surface area (Å²) in [4.78, 5) is 55.8. The van der Waals surface area contributed by atoms with E-state index in [0.717, 1.165) is 35.1 Å². The van der Waals surface area contributed by atoms with E-state index in [1.807, 2.05) is 32.9 Å². The number of hydrogen-bond acceptors (Lipinski definition) is 7. The summed E-state index contributed by atoms with van der Waals surface area (Å²) in [5, 5.41) is 17.8. The molecule has 1 saturated heterocycles. The molecule has 0 radical (unpaired) electrons. The van der Waals surface area contributed by atoms with E-state index >= 15 is 0 Å². The first-order chi connectivity index (χ1) is 21.4. The summed E-state index contributed by atoms with van der Waals surface area (Å²) >= 11 is 0. The van der Waals surface area contributed by atoms with E-state index in [4.69, 9.17) is 16.6 Å². The Bertz CT molecular complexity index is 1730. The van der Waals surface area contributed by atoms with Crippen LogP contribution in [0, 0.1) is 17.2 Å². The molecule has 3 aromatic rings. The molecule has 12 nitrogen and oxygen atoms in total. The lowest BCUT2D eigenvalue weighted by Gasteiger charge is -2.37. The zero-order valence-corrected chi connectivity index (χ0v) is 25.7. The lowest BCUT2D eigenvalue weighted by molar-refractivity contribution is -0.131. The number of nitrogens with zero attached hydrogens (tertiary/aromatic N) is 4. The number of aromatic nitrogens is 3. The topological polar surface area (TPSA) is 193 Å². The third-order valence-electron chi connectivity index (χ3n) is 9.65. The van der Waals surface area contributed by atoms with E-state index in [-0.39, 0.29) is 36.3 Å². The molecule has 12 heteroatoms. The van der Waals surface area contributed by atoms with Crippen molar-refractivity contribution in [1.29, 1.82) is 5.26 Å². The van der Waals surface area contributed by atoms with Gasteiger partial charge in [0, 0.05) is 23.2 Å². The molecular formula is C33H38N8O4. The number of fused-ring (bicyclic) bond motifs is 3. The van der Waals surface area contributed by atoms with Crippen LogP contribution >= 0.6 is 0 Å². The van der Waals surface area contributed by atoms with Crippen molar-refractivity contribution in [1.82, 2.24) is 25.0 Å². The average molecular weight is 611 g/mol. The van der Waals surface area contributed by atoms with Crippen molar-refractivity contribution in [3.8, 4) is 6.07 Å². The van der Waals surface area contributed by atoms with Gasteiger partial charge in [0.15, 0.2) is 0 Å². The maximum Gasteiger partial charge on any atom is 0.343 e. The van der Waals surface area contributed by atoms with E-state index in [2.05, 4.69) is 16.4 Å². The molecule has 3 aliphatic rings. The van der Waals surface area contributed by atoms with Gasteiger partial charge in [-0.2, -0.15) is 10.4 Å². The number of nitriles is 1. The number of carbonyl (C=O) groups excluding carboxylic acids is 3. The van der Waals surface area contributed by atoms with Crippen LogP contribution in [0.25, 0.3) is 0 Å². The SMILES string of the molecule is CC(C)n1nc(C2(C[C@H](C)NCC(=O)N3C(C#N)C[C@@H]4C[C@@H]43)c3ccc(C(N)=O)cc3CCc3cc(C(N)=O)ccc32)[nH]c1=O. The normalized spacial score (nSPS) is 21.7. The molecule has 2 heterocycles. The summed E-state index contributed by atoms with van der Waals surface area (Å²) in [7, 11) is 0. The highest BCUT2D eigenvalue weighted by Crippen LogP contribution is 2.48. The molecule has 1 aliphatic heterocycles. The number of rotatable bonds is 9. The van der Waals surface area contributed by atoms with Crippen molar-refractivity contribution in [3.05, 3.63) is 86.1 Å². The molecule has 0 spiro atoms. The minimum Gasteiger partial charge on any atom is -0.366 e. The number of piperidine rings is 1. The quantitative estimate of drug-likeness (QED) is 0.283. The molecule has 3 amide bonds. The van der Waals surface area contributed by atoms with Gasteiger partial charge in [-0.1, -0.05) is 12.1 Å². The molecule has 1 unspecified atom stereocenters. The first-order valence-corrected chi connectivity index (χ1v) is 15.4. The van der Waals surface area contributed by atoms with Gasteiger partial charge in [0.2, 0.25) is 17.7 Å². The summed E-state index contributed by atoms with van der Waals surface area (Å²) < 4.78 is 1.40. The first-order valence-electron chi connectivity index (χ1n) is 15.4. The predicted molar refractivity (Wildman–Crippen MR) is 165 cm³/mol. The summed E-state index contributed by atoms with van der Waals surface area (Å²) in [6.45, 7) is 5.77. The smallest absolute Gasteiger partial charge is 0.343 e. The number of nitrogens with one attached hydrogen (secondary N) is 2. The minimum absolute atomic E-state index is 0.0521. The van der Waals surface area contributed by atoms with Gasteiger partial charge in [-0.05, 0) is 105 Å². The number of nitrogens with two attached hydrogens (primary N) is 2. The van der Waals surface area contributed by atoms with Crippen LogP contribution in [0.4, 0.5) is 0 Å². The van der Waals surface area contributed by atoms with Crippen molar-refractivity contribution in [2.45, 2.75) is 82.5 Å². The molecule has 6 rings (SSSR count). The van der Waals surface area contributed by atoms with Crippen LogP contribution in [0.15, 0.2) is 41.2 Å². The Balaban J connectivity index is 1.47. The number of primary amides is 2. The third-order valence-corrected chi connectivity index (χ3v) is 9.65. The third kappa shape index (κ3) is 5.21. The number of hydrogen-bond donors (Lipinski definition) is 4. The minimum atomic E-state index is -1.05. The fourth-order valence-corrected chi connectivity index (χ4v) is 7.42. The summed E-state index contributed by atoms with van der Waals surface area (Å²) in [6.07, 6.45) is 3.12. The fraction of sp³-hybridized carbons (Fsp3) is 0.455. The second kappa shape index (κ2) is 11.3. The van der Waals surface area contributed by atoms with Crippen LogP contribution in [0.5, 0.6) is 0 Å². The summed E-state index contributed by atoms with van der Waals surface area (Å²) in [5.41, 5.74) is 14.1. The second-order valence-electron chi connectivity index (χ2n) is 12.9. The molecule has 45 heavy (non-hydrogen) atoms. The number of likely N-dealkylation sites (tertiary alicyclic amines) is 1. The highest BCUT2D eigenvalue weighted by molar-refractivity contribution is 5.94. The number of aromatic amines is 1. The van der Waals surface area contributed by atoms with E-state index < -0.39 is 23.3 Å². The highest BCUT2D eigenvalue weighted by atomic mass is 16.2. The van der Waals surface area contributed by atoms with E-state index in [9.17, 15) is 24.4 Å². The van der Waals surface area contributed by atoms with Crippen molar-refractivity contribution >= 4 is 17.7 Å². The number of amides is 3. The molecule has 2 aromatic carbocycles. The standard InChI is InChI=1S/C33H38N8O4/c1-17(2)41-32(45)38-31(39-41)33(14-18(3)37-16-28(42)40-24(15-34)12-23-13-27(23)40)25-8-6-21(29(35)43)10-19(25)4-5-20-11-22(30(36)44)7-9-26(20)33/h6-11,17-18,23-24,27,37H,4-5,12-14,16H2,1-3H3,(H2,35,43)(H2,36,44)(H,38,39,45)/t18-,23+,24?,27-/m0/s1. The first kappa shape index (κ1) is 30.3. The van der Waals surface area contributed by atoms with Crippen LogP contribution in [0.3, 0.4) is 0 Å². The molecule has 2 aliphatic carbocycles. The number of carbonyl (C=O) groups is 3. The van der Waals surface area contributed by atoms with Crippen LogP contribution in [0.2, 0.25) is 0 Å². The van der Waals surface area contributed by atoms with Crippen molar-refractivity contribution in [2.24, 2.45) is 17.4 Å². The highest BCUT2D eigenvalue weighted by Gasteiger charge is 2.54. The average Bonchev–Trinajstić information content (AvgIpc) is 3.53. The number of aryl methyl sites for hydroxylation is 2. The Morgan fingerprint density at radius 1 is 1.04 bits per heavy atom. The van der Waals surface area contributed by atoms with Crippen LogP contribution in [-0.4, -0.2) is 62.1 Å². The molecule has 234 valence electrons. The molecule has 4 atom stereocenters. The maximum absolute atomic E-state index is 13.3. The molecular weight excluding hydrogens is 572 g/mol. The van der Waals surface area contributed by atoms with Gasteiger partial charge >= 0.3 is 5.69 Å². The van der Waals surface area contributed by atoms with Crippen molar-refractivity contribution in [3.63, 3.8) is 0 Å². The lowest BCUT2D eigenvalue weighted by Crippen LogP contribution is -2.46. The second-order valence-corrected chi connectivity index (χ2v) is 12.9. The van der Waals surface area contributed by atoms with Gasteiger partial charge in [-0.3, -0.25) is 19.4 Å². The van der Waals surface area contributed by atoms with Gasteiger partial charge in [0.25, 0.3) is 0 Å². The van der Waals surface area contributed by atoms with E-state index in [1.54, 1.807) is 29.2 Å². The molecule has 1 saturated carbocycles. The Morgan fingerprint density at radius 3 is 2.16 bits per heavy atom. The predicted octanol–water partition coefficient (Wildman–Crippen LogP) is 1.66. The van der Waals surface area contributed by atoms with Crippen LogP contribution < -0.4 is 22.5 Å². The fourth-order valence-electron chi connectivity index (χ4n) is 7.42. The number of benzene rings is 2. The van der Waals surface area contributed by atoms with Gasteiger partial charge in [-0.25, -0.2) is 9.48 Å². The van der Waals surface area contributed by atoms with Crippen LogP contribution in [-0.2, 0) is 23.1 Å². The largest absolute Gasteiger partial charge is 0.366 e. The van der Waals surface area contributed by atoms with Gasteiger partial charge in [0.05, 0.1) is 24.1 Å². The van der Waals surface area contributed by atoms with E-state index in [1.165, 1.54) is 4.68 Å². The molecule has 2 fully saturated rings. The number of H-pyrrole nitrogens is 1. The molecule has 6 N–H and O–H groups in total. The zero-order valence-electron chi connectivity index (χ0n) is 25.7. The Hall–Kier alpha value is -4.76. The Kier molecular flexibility index (Phi) is 7.61.